The molecule has 8 heteroatoms. The van der Waals surface area contributed by atoms with Gasteiger partial charge in [0.2, 0.25) is 5.69 Å². The summed E-state index contributed by atoms with van der Waals surface area (Å²) in [6, 6.07) is 23.4. The molecule has 0 aliphatic carbocycles. The highest BCUT2D eigenvalue weighted by Gasteiger charge is 2.08. The van der Waals surface area contributed by atoms with Crippen LogP contribution in [0.3, 0.4) is 0 Å². The second kappa shape index (κ2) is 18.4. The highest BCUT2D eigenvalue weighted by molar-refractivity contribution is 8.76. The number of rotatable bonds is 17. The molecule has 0 saturated heterocycles. The molecule has 1 aliphatic rings. The van der Waals surface area contributed by atoms with Crippen molar-refractivity contribution in [2.24, 2.45) is 0 Å². The summed E-state index contributed by atoms with van der Waals surface area (Å²) < 4.78 is 2.05. The van der Waals surface area contributed by atoms with Gasteiger partial charge in [0.25, 0.3) is 0 Å². The van der Waals surface area contributed by atoms with Gasteiger partial charge in [-0.2, -0.15) is 4.57 Å². The monoisotopic (exact) mass is 629 g/mol. The zero-order chi connectivity index (χ0) is 31.0. The van der Waals surface area contributed by atoms with Crippen LogP contribution < -0.4 is 14.4 Å². The van der Waals surface area contributed by atoms with Gasteiger partial charge in [-0.1, -0.05) is 64.1 Å². The van der Waals surface area contributed by atoms with Crippen LogP contribution in [-0.2, 0) is 6.54 Å². The van der Waals surface area contributed by atoms with Gasteiger partial charge in [0.1, 0.15) is 6.61 Å². The molecule has 0 spiro atoms. The molecule has 1 aromatic heterocycles. The summed E-state index contributed by atoms with van der Waals surface area (Å²) in [5, 5.41) is 18.6. The second-order valence-corrected chi connectivity index (χ2v) is 13.3. The summed E-state index contributed by atoms with van der Waals surface area (Å²) >= 11 is 0. The fraction of sp³-hybridized carbons (Fsp3) is 0.306. The van der Waals surface area contributed by atoms with Crippen molar-refractivity contribution in [1.29, 1.82) is 0 Å². The topological polar surface area (TPSA) is 54.1 Å². The third-order valence-electron chi connectivity index (χ3n) is 7.44. The Morgan fingerprint density at radius 2 is 1.39 bits per heavy atom. The molecule has 0 amide bonds. The van der Waals surface area contributed by atoms with Crippen LogP contribution in [0.5, 0.6) is 0 Å². The predicted octanol–water partition coefficient (Wildman–Crippen LogP) is 5.85. The van der Waals surface area contributed by atoms with Crippen LogP contribution in [0.2, 0.25) is 0 Å². The normalized spacial score (nSPS) is 13.2. The molecule has 0 bridgehead atoms. The van der Waals surface area contributed by atoms with Crippen molar-refractivity contribution in [3.8, 4) is 0 Å². The van der Waals surface area contributed by atoms with Crippen molar-refractivity contribution >= 4 is 51.2 Å². The lowest BCUT2D eigenvalue weighted by Gasteiger charge is -2.25. The number of aromatic nitrogens is 1. The van der Waals surface area contributed by atoms with Gasteiger partial charge in [0.15, 0.2) is 12.7 Å². The Kier molecular flexibility index (Phi) is 14.0. The Hall–Kier alpha value is -3.43. The Morgan fingerprint density at radius 3 is 1.98 bits per heavy atom. The maximum Gasteiger partial charge on any atom is 0.205 e. The third-order valence-corrected chi connectivity index (χ3v) is 9.81. The number of hydrogen-bond donors (Lipinski definition) is 2. The van der Waals surface area contributed by atoms with Crippen LogP contribution >= 0.6 is 21.6 Å². The van der Waals surface area contributed by atoms with Gasteiger partial charge in [-0.3, -0.25) is 0 Å². The standard InChI is InChI=1S/C36H45N4O2S2/c1-37(33-15-9-31(10-16-33)13-19-35-7-3-5-21-39(35)23-27-41)25-29-43-44-30-26-38(2)34-17-11-32(12-18-34)14-20-36-8-4-6-22-40(36)24-28-42/h3-21,41-42H,22-30H2,1-2H3/q+1. The van der Waals surface area contributed by atoms with Crippen molar-refractivity contribution in [2.75, 3.05) is 74.8 Å². The molecule has 1 aliphatic heterocycles. The van der Waals surface area contributed by atoms with E-state index in [4.69, 9.17) is 0 Å². The van der Waals surface area contributed by atoms with Crippen molar-refractivity contribution < 1.29 is 14.8 Å². The largest absolute Gasteiger partial charge is 0.395 e. The smallest absolute Gasteiger partial charge is 0.205 e. The van der Waals surface area contributed by atoms with Gasteiger partial charge in [0.05, 0.1) is 6.61 Å². The van der Waals surface area contributed by atoms with E-state index < -0.39 is 0 Å². The quantitative estimate of drug-likeness (QED) is 0.110. The minimum atomic E-state index is 0.127. The number of β-amino-alcohol motifs (C(OH)–C–C–N with tert-alkyl or cyclic N) is 1. The lowest BCUT2D eigenvalue weighted by atomic mass is 10.1. The lowest BCUT2D eigenvalue weighted by molar-refractivity contribution is -0.699. The van der Waals surface area contributed by atoms with Gasteiger partial charge < -0.3 is 24.9 Å². The molecular formula is C36H45N4O2S2+. The highest BCUT2D eigenvalue weighted by Crippen LogP contribution is 2.24. The van der Waals surface area contributed by atoms with E-state index in [-0.39, 0.29) is 13.2 Å². The highest BCUT2D eigenvalue weighted by atomic mass is 33.1. The van der Waals surface area contributed by atoms with E-state index in [2.05, 4.69) is 126 Å². The van der Waals surface area contributed by atoms with E-state index in [0.29, 0.717) is 13.1 Å². The SMILES string of the molecule is CN(CCSSCCN(C)c1ccc(C=Cc2cccc[n+]2CCO)cc1)c1ccc(C=CC2=CC=CCN2CCO)cc1. The van der Waals surface area contributed by atoms with Crippen molar-refractivity contribution in [2.45, 2.75) is 6.54 Å². The summed E-state index contributed by atoms with van der Waals surface area (Å²) in [5.41, 5.74) is 6.96. The summed E-state index contributed by atoms with van der Waals surface area (Å²) in [5.74, 6) is 2.13. The van der Waals surface area contributed by atoms with Crippen LogP contribution in [0.25, 0.3) is 18.2 Å². The zero-order valence-electron chi connectivity index (χ0n) is 25.8. The van der Waals surface area contributed by atoms with Gasteiger partial charge in [-0.05, 0) is 59.7 Å². The first-order valence-corrected chi connectivity index (χ1v) is 17.6. The van der Waals surface area contributed by atoms with Crippen LogP contribution in [-0.4, -0.2) is 80.1 Å². The Labute approximate surface area is 271 Å². The number of nitrogens with zero attached hydrogens (tertiary/aromatic N) is 4. The Bertz CT molecular complexity index is 1400. The maximum atomic E-state index is 9.30. The second-order valence-electron chi connectivity index (χ2n) is 10.6. The van der Waals surface area contributed by atoms with Crippen molar-refractivity contribution in [1.82, 2.24) is 4.90 Å². The van der Waals surface area contributed by atoms with Crippen LogP contribution in [0, 0.1) is 0 Å². The summed E-state index contributed by atoms with van der Waals surface area (Å²) in [7, 11) is 8.17. The molecule has 2 heterocycles. The summed E-state index contributed by atoms with van der Waals surface area (Å²) in [6.07, 6.45) is 16.7. The van der Waals surface area contributed by atoms with Crippen molar-refractivity contribution in [3.05, 3.63) is 120 Å². The third kappa shape index (κ3) is 10.6. The van der Waals surface area contributed by atoms with Crippen LogP contribution in [0.4, 0.5) is 11.4 Å². The fourth-order valence-electron chi connectivity index (χ4n) is 4.79. The van der Waals surface area contributed by atoms with E-state index in [9.17, 15) is 10.2 Å². The molecule has 0 fully saturated rings. The first-order chi connectivity index (χ1) is 21.6. The van der Waals surface area contributed by atoms with Crippen molar-refractivity contribution in [3.63, 3.8) is 0 Å². The number of allylic oxidation sites excluding steroid dienone is 3. The number of benzene rings is 2. The van der Waals surface area contributed by atoms with E-state index >= 15 is 0 Å². The molecule has 0 atom stereocenters. The average molecular weight is 630 g/mol. The molecule has 0 unspecified atom stereocenters. The predicted molar refractivity (Wildman–Crippen MR) is 192 cm³/mol. The zero-order valence-corrected chi connectivity index (χ0v) is 27.5. The molecule has 2 N–H and O–H groups in total. The number of pyridine rings is 1. The molecule has 0 radical (unpaired) electrons. The van der Waals surface area contributed by atoms with Crippen LogP contribution in [0.1, 0.15) is 16.8 Å². The van der Waals surface area contributed by atoms with E-state index in [1.807, 2.05) is 44.5 Å². The van der Waals surface area contributed by atoms with E-state index in [0.717, 1.165) is 48.1 Å². The number of aliphatic hydroxyl groups excluding tert-OH is 2. The minimum Gasteiger partial charge on any atom is -0.395 e. The molecular weight excluding hydrogens is 585 g/mol. The number of hydrogen-bond acceptors (Lipinski definition) is 7. The summed E-state index contributed by atoms with van der Waals surface area (Å²) in [6.45, 7) is 4.35. The number of aliphatic hydroxyl groups is 2. The first kappa shape index (κ1) is 33.5. The molecule has 3 aromatic rings. The average Bonchev–Trinajstić information content (AvgIpc) is 3.06. The van der Waals surface area contributed by atoms with Gasteiger partial charge in [0, 0.05) is 87.1 Å². The maximum absolute atomic E-state index is 9.30. The van der Waals surface area contributed by atoms with Gasteiger partial charge >= 0.3 is 0 Å². The Morgan fingerprint density at radius 1 is 0.773 bits per heavy atom. The molecule has 2 aromatic carbocycles. The Balaban J connectivity index is 1.13. The van der Waals surface area contributed by atoms with Crippen LogP contribution in [0.15, 0.2) is 103 Å². The molecule has 44 heavy (non-hydrogen) atoms. The fourth-order valence-corrected chi connectivity index (χ4v) is 6.87. The molecule has 4 rings (SSSR count). The number of anilines is 2. The molecule has 0 saturated carbocycles. The lowest BCUT2D eigenvalue weighted by Crippen LogP contribution is -2.38. The van der Waals surface area contributed by atoms with Gasteiger partial charge in [-0.25, -0.2) is 0 Å². The van der Waals surface area contributed by atoms with E-state index in [1.54, 1.807) is 0 Å². The van der Waals surface area contributed by atoms with E-state index in [1.165, 1.54) is 16.9 Å². The molecule has 232 valence electrons. The van der Waals surface area contributed by atoms with Gasteiger partial charge in [-0.15, -0.1) is 0 Å². The minimum absolute atomic E-state index is 0.127. The molecule has 6 nitrogen and oxygen atoms in total. The summed E-state index contributed by atoms with van der Waals surface area (Å²) in [4.78, 5) is 6.79. The first-order valence-electron chi connectivity index (χ1n) is 15.1.